The second kappa shape index (κ2) is 6.91. The highest BCUT2D eigenvalue weighted by Gasteiger charge is 2.15. The number of benzene rings is 2. The van der Waals surface area contributed by atoms with E-state index in [4.69, 9.17) is 0 Å². The summed E-state index contributed by atoms with van der Waals surface area (Å²) in [5.74, 6) is -1.88. The number of hydrogen-bond acceptors (Lipinski definition) is 2. The van der Waals surface area contributed by atoms with Gasteiger partial charge in [0.25, 0.3) is 5.91 Å². The lowest BCUT2D eigenvalue weighted by molar-refractivity contribution is 0.0954. The molecule has 0 aliphatic carbocycles. The molecule has 2 aromatic rings. The molecular formula is C19H20F2N2O. The Morgan fingerprint density at radius 3 is 2.04 bits per heavy atom. The summed E-state index contributed by atoms with van der Waals surface area (Å²) in [4.78, 5) is 12.1. The van der Waals surface area contributed by atoms with Crippen LogP contribution in [0.5, 0.6) is 0 Å². The lowest BCUT2D eigenvalue weighted by atomic mass is 9.87. The fourth-order valence-electron chi connectivity index (χ4n) is 2.22. The molecule has 0 unspecified atom stereocenters. The van der Waals surface area contributed by atoms with Gasteiger partial charge in [0.05, 0.1) is 11.3 Å². The maximum absolute atomic E-state index is 13.7. The first-order valence-electron chi connectivity index (χ1n) is 7.59. The van der Waals surface area contributed by atoms with Crippen molar-refractivity contribution in [3.63, 3.8) is 0 Å². The Balaban J connectivity index is 2.15. The fourth-order valence-corrected chi connectivity index (χ4v) is 2.22. The summed E-state index contributed by atoms with van der Waals surface area (Å²) in [7, 11) is 0. The molecule has 126 valence electrons. The summed E-state index contributed by atoms with van der Waals surface area (Å²) < 4.78 is 27.3. The number of carbonyl (C=O) groups excluding carboxylic acids is 1. The van der Waals surface area contributed by atoms with Gasteiger partial charge in [-0.2, -0.15) is 5.10 Å². The number of hydrogen-bond donors (Lipinski definition) is 1. The van der Waals surface area contributed by atoms with E-state index in [0.717, 1.165) is 17.7 Å². The highest BCUT2D eigenvalue weighted by atomic mass is 19.1. The molecule has 1 amide bonds. The maximum Gasteiger partial charge on any atom is 0.271 e. The number of nitrogens with one attached hydrogen (secondary N) is 1. The van der Waals surface area contributed by atoms with Crippen molar-refractivity contribution in [3.05, 3.63) is 70.8 Å². The maximum atomic E-state index is 13.7. The molecule has 0 bridgehead atoms. The molecule has 0 spiro atoms. The van der Waals surface area contributed by atoms with Crippen LogP contribution in [0.1, 0.15) is 49.2 Å². The lowest BCUT2D eigenvalue weighted by Gasteiger charge is -2.18. The van der Waals surface area contributed by atoms with E-state index in [1.54, 1.807) is 12.1 Å². The van der Waals surface area contributed by atoms with Gasteiger partial charge in [-0.1, -0.05) is 39.0 Å². The number of amides is 1. The highest BCUT2D eigenvalue weighted by Crippen LogP contribution is 2.22. The molecular weight excluding hydrogens is 310 g/mol. The van der Waals surface area contributed by atoms with Gasteiger partial charge < -0.3 is 0 Å². The zero-order valence-electron chi connectivity index (χ0n) is 14.2. The van der Waals surface area contributed by atoms with Gasteiger partial charge in [-0.05, 0) is 42.2 Å². The average molecular weight is 330 g/mol. The summed E-state index contributed by atoms with van der Waals surface area (Å²) in [6, 6.07) is 10.7. The Bertz CT molecular complexity index is 755. The standard InChI is InChI=1S/C19H20F2N2O/c1-12(17-15(20)6-5-7-16(17)21)22-23-18(24)13-8-10-14(11-9-13)19(2,3)4/h5-11H,1-4H3,(H,23,24)/b22-12-. The second-order valence-corrected chi connectivity index (χ2v) is 6.56. The molecule has 0 aliphatic heterocycles. The van der Waals surface area contributed by atoms with E-state index in [0.29, 0.717) is 5.56 Å². The van der Waals surface area contributed by atoms with Crippen molar-refractivity contribution in [2.75, 3.05) is 0 Å². The Hall–Kier alpha value is -2.56. The molecule has 24 heavy (non-hydrogen) atoms. The fraction of sp³-hybridized carbons (Fsp3) is 0.263. The van der Waals surface area contributed by atoms with Crippen molar-refractivity contribution >= 4 is 11.6 Å². The SMILES string of the molecule is C/C(=N/NC(=O)c1ccc(C(C)(C)C)cc1)c1c(F)cccc1F. The topological polar surface area (TPSA) is 41.5 Å². The van der Waals surface area contributed by atoms with E-state index >= 15 is 0 Å². The lowest BCUT2D eigenvalue weighted by Crippen LogP contribution is -2.20. The number of hydrazone groups is 1. The number of halogens is 2. The average Bonchev–Trinajstić information content (AvgIpc) is 2.51. The minimum absolute atomic E-state index is 0.00783. The number of rotatable bonds is 3. The Labute approximate surface area is 140 Å². The van der Waals surface area contributed by atoms with E-state index in [-0.39, 0.29) is 16.7 Å². The molecule has 5 heteroatoms. The van der Waals surface area contributed by atoms with E-state index in [2.05, 4.69) is 31.3 Å². The monoisotopic (exact) mass is 330 g/mol. The van der Waals surface area contributed by atoms with E-state index in [1.165, 1.54) is 13.0 Å². The van der Waals surface area contributed by atoms with Crippen LogP contribution < -0.4 is 5.43 Å². The van der Waals surface area contributed by atoms with Crippen molar-refractivity contribution in [3.8, 4) is 0 Å². The minimum atomic E-state index is -0.722. The zero-order chi connectivity index (χ0) is 17.9. The molecule has 2 aromatic carbocycles. The molecule has 0 fully saturated rings. The second-order valence-electron chi connectivity index (χ2n) is 6.56. The zero-order valence-corrected chi connectivity index (χ0v) is 14.2. The van der Waals surface area contributed by atoms with Gasteiger partial charge in [-0.15, -0.1) is 0 Å². The summed E-state index contributed by atoms with van der Waals surface area (Å²) in [5, 5.41) is 3.80. The van der Waals surface area contributed by atoms with Crippen molar-refractivity contribution in [2.24, 2.45) is 5.10 Å². The van der Waals surface area contributed by atoms with E-state index in [9.17, 15) is 13.6 Å². The first-order valence-corrected chi connectivity index (χ1v) is 7.59. The van der Waals surface area contributed by atoms with Gasteiger partial charge in [0, 0.05) is 5.56 Å². The van der Waals surface area contributed by atoms with Crippen LogP contribution in [0, 0.1) is 11.6 Å². The summed E-state index contributed by atoms with van der Waals surface area (Å²) in [6.45, 7) is 7.68. The molecule has 2 rings (SSSR count). The molecule has 0 heterocycles. The minimum Gasteiger partial charge on any atom is -0.267 e. The first-order chi connectivity index (χ1) is 11.2. The van der Waals surface area contributed by atoms with E-state index in [1.807, 2.05) is 12.1 Å². The van der Waals surface area contributed by atoms with Crippen LogP contribution >= 0.6 is 0 Å². The predicted octanol–water partition coefficient (Wildman–Crippen LogP) is 4.42. The third-order valence-corrected chi connectivity index (χ3v) is 3.66. The van der Waals surface area contributed by atoms with Crippen molar-refractivity contribution in [1.29, 1.82) is 0 Å². The molecule has 0 saturated carbocycles. The van der Waals surface area contributed by atoms with Crippen LogP contribution in [0.25, 0.3) is 0 Å². The van der Waals surface area contributed by atoms with Gasteiger partial charge in [-0.25, -0.2) is 14.2 Å². The van der Waals surface area contributed by atoms with Gasteiger partial charge in [0.1, 0.15) is 11.6 Å². The third-order valence-electron chi connectivity index (χ3n) is 3.66. The first kappa shape index (κ1) is 17.8. The van der Waals surface area contributed by atoms with Gasteiger partial charge in [0.15, 0.2) is 0 Å². The molecule has 0 radical (unpaired) electrons. The smallest absolute Gasteiger partial charge is 0.267 e. The summed E-state index contributed by atoms with van der Waals surface area (Å²) in [6.07, 6.45) is 0. The van der Waals surface area contributed by atoms with Crippen molar-refractivity contribution in [2.45, 2.75) is 33.1 Å². The quantitative estimate of drug-likeness (QED) is 0.657. The molecule has 0 aliphatic rings. The number of carbonyl (C=O) groups is 1. The predicted molar refractivity (Wildman–Crippen MR) is 91.2 cm³/mol. The molecule has 3 nitrogen and oxygen atoms in total. The van der Waals surface area contributed by atoms with Crippen LogP contribution in [0.4, 0.5) is 8.78 Å². The Morgan fingerprint density at radius 2 is 1.54 bits per heavy atom. The van der Waals surface area contributed by atoms with Crippen LogP contribution in [0.15, 0.2) is 47.6 Å². The summed E-state index contributed by atoms with van der Waals surface area (Å²) >= 11 is 0. The summed E-state index contributed by atoms with van der Waals surface area (Å²) in [5.41, 5.74) is 3.66. The van der Waals surface area contributed by atoms with Crippen molar-refractivity contribution in [1.82, 2.24) is 5.43 Å². The van der Waals surface area contributed by atoms with Gasteiger partial charge >= 0.3 is 0 Å². The molecule has 0 aromatic heterocycles. The largest absolute Gasteiger partial charge is 0.271 e. The number of nitrogens with zero attached hydrogens (tertiary/aromatic N) is 1. The Kier molecular flexibility index (Phi) is 5.12. The van der Waals surface area contributed by atoms with Gasteiger partial charge in [0.2, 0.25) is 0 Å². The van der Waals surface area contributed by atoms with Crippen LogP contribution in [0.3, 0.4) is 0 Å². The highest BCUT2D eigenvalue weighted by molar-refractivity contribution is 6.01. The van der Waals surface area contributed by atoms with Crippen LogP contribution in [-0.4, -0.2) is 11.6 Å². The van der Waals surface area contributed by atoms with Gasteiger partial charge in [-0.3, -0.25) is 4.79 Å². The normalized spacial score (nSPS) is 12.2. The van der Waals surface area contributed by atoms with Crippen LogP contribution in [0.2, 0.25) is 0 Å². The van der Waals surface area contributed by atoms with Crippen molar-refractivity contribution < 1.29 is 13.6 Å². The molecule has 1 N–H and O–H groups in total. The third kappa shape index (κ3) is 4.04. The Morgan fingerprint density at radius 1 is 1.00 bits per heavy atom. The molecule has 0 atom stereocenters. The van der Waals surface area contributed by atoms with E-state index < -0.39 is 17.5 Å². The van der Waals surface area contributed by atoms with Crippen LogP contribution in [-0.2, 0) is 5.41 Å². The molecule has 0 saturated heterocycles.